The number of ether oxygens (including phenoxy) is 1. The molecule has 0 radical (unpaired) electrons. The van der Waals surface area contributed by atoms with Gasteiger partial charge in [-0.1, -0.05) is 20.3 Å². The number of likely N-dealkylation sites (tertiary alicyclic amines) is 2. The standard InChI is InChI=1S/C20H38N4O.HI/c1-4-21-19(24-11-8-20(15-24)9-12-25-16-20)22-13-18-7-5-6-10-23(18)14-17(2)3;/h17-18H,4-16H2,1-3H3,(H,21,22);1H. The van der Waals surface area contributed by atoms with Crippen molar-refractivity contribution in [2.75, 3.05) is 52.5 Å². The number of piperidine rings is 1. The molecule has 3 saturated heterocycles. The van der Waals surface area contributed by atoms with E-state index in [4.69, 9.17) is 9.73 Å². The molecule has 0 aromatic heterocycles. The summed E-state index contributed by atoms with van der Waals surface area (Å²) in [5.41, 5.74) is 0.394. The van der Waals surface area contributed by atoms with Crippen LogP contribution in [0.25, 0.3) is 0 Å². The summed E-state index contributed by atoms with van der Waals surface area (Å²) in [5.74, 6) is 1.86. The van der Waals surface area contributed by atoms with E-state index >= 15 is 0 Å². The van der Waals surface area contributed by atoms with Gasteiger partial charge >= 0.3 is 0 Å². The molecule has 0 saturated carbocycles. The maximum atomic E-state index is 5.68. The zero-order valence-electron chi connectivity index (χ0n) is 17.0. The first-order valence-corrected chi connectivity index (χ1v) is 10.5. The van der Waals surface area contributed by atoms with E-state index in [1.807, 2.05) is 0 Å². The topological polar surface area (TPSA) is 40.1 Å². The fourth-order valence-corrected chi connectivity index (χ4v) is 4.68. The summed E-state index contributed by atoms with van der Waals surface area (Å²) in [6.45, 7) is 15.3. The van der Waals surface area contributed by atoms with Crippen molar-refractivity contribution in [2.24, 2.45) is 16.3 Å². The normalized spacial score (nSPS) is 30.2. The Bertz CT molecular complexity index is 451. The first-order chi connectivity index (χ1) is 12.1. The van der Waals surface area contributed by atoms with Crippen LogP contribution in [0.1, 0.15) is 52.9 Å². The Labute approximate surface area is 177 Å². The van der Waals surface area contributed by atoms with E-state index < -0.39 is 0 Å². The molecule has 0 amide bonds. The van der Waals surface area contributed by atoms with E-state index in [0.29, 0.717) is 11.5 Å². The van der Waals surface area contributed by atoms with E-state index in [1.165, 1.54) is 45.2 Å². The van der Waals surface area contributed by atoms with Crippen LogP contribution in [0.3, 0.4) is 0 Å². The highest BCUT2D eigenvalue weighted by molar-refractivity contribution is 14.0. The van der Waals surface area contributed by atoms with Crippen LogP contribution in [-0.4, -0.2) is 74.3 Å². The maximum Gasteiger partial charge on any atom is 0.193 e. The summed E-state index contributed by atoms with van der Waals surface area (Å²) in [6, 6.07) is 0.621. The lowest BCUT2D eigenvalue weighted by Crippen LogP contribution is -2.45. The van der Waals surface area contributed by atoms with Crippen LogP contribution in [-0.2, 0) is 4.74 Å². The van der Waals surface area contributed by atoms with E-state index in [0.717, 1.165) is 51.3 Å². The molecule has 3 aliphatic rings. The molecule has 1 spiro atoms. The zero-order chi connectivity index (χ0) is 17.7. The number of aliphatic imine (C=N–C) groups is 1. The van der Waals surface area contributed by atoms with Crippen molar-refractivity contribution in [3.05, 3.63) is 0 Å². The summed E-state index contributed by atoms with van der Waals surface area (Å²) >= 11 is 0. The molecule has 0 aromatic carbocycles. The highest BCUT2D eigenvalue weighted by Crippen LogP contribution is 2.38. The van der Waals surface area contributed by atoms with Crippen LogP contribution < -0.4 is 5.32 Å². The predicted molar refractivity (Wildman–Crippen MR) is 120 cm³/mol. The molecule has 2 atom stereocenters. The van der Waals surface area contributed by atoms with Crippen LogP contribution in [0.4, 0.5) is 0 Å². The fourth-order valence-electron chi connectivity index (χ4n) is 4.68. The van der Waals surface area contributed by atoms with Crippen molar-refractivity contribution in [3.63, 3.8) is 0 Å². The second kappa shape index (κ2) is 10.5. The SMILES string of the molecule is CCNC(=NCC1CCCCN1CC(C)C)N1CCC2(CCOC2)C1.I. The minimum absolute atomic E-state index is 0. The highest BCUT2D eigenvalue weighted by Gasteiger charge is 2.42. The minimum atomic E-state index is 0. The number of nitrogens with one attached hydrogen (secondary N) is 1. The molecule has 0 aliphatic carbocycles. The Morgan fingerprint density at radius 1 is 1.27 bits per heavy atom. The van der Waals surface area contributed by atoms with Gasteiger partial charge in [-0.3, -0.25) is 9.89 Å². The smallest absolute Gasteiger partial charge is 0.193 e. The number of hydrogen-bond acceptors (Lipinski definition) is 3. The molecule has 6 heteroatoms. The lowest BCUT2D eigenvalue weighted by molar-refractivity contribution is 0.136. The van der Waals surface area contributed by atoms with Gasteiger partial charge in [0, 0.05) is 44.2 Å². The minimum Gasteiger partial charge on any atom is -0.381 e. The molecule has 152 valence electrons. The van der Waals surface area contributed by atoms with Crippen LogP contribution in [0.5, 0.6) is 0 Å². The van der Waals surface area contributed by atoms with Crippen molar-refractivity contribution in [1.29, 1.82) is 0 Å². The number of nitrogens with zero attached hydrogens (tertiary/aromatic N) is 3. The van der Waals surface area contributed by atoms with E-state index in [1.54, 1.807) is 0 Å². The van der Waals surface area contributed by atoms with Gasteiger partial charge in [-0.15, -0.1) is 24.0 Å². The van der Waals surface area contributed by atoms with Gasteiger partial charge in [0.25, 0.3) is 0 Å². The van der Waals surface area contributed by atoms with Gasteiger partial charge in [-0.2, -0.15) is 0 Å². The van der Waals surface area contributed by atoms with Gasteiger partial charge < -0.3 is 15.0 Å². The third kappa shape index (κ3) is 5.71. The fraction of sp³-hybridized carbons (Fsp3) is 0.950. The Morgan fingerprint density at radius 2 is 2.12 bits per heavy atom. The van der Waals surface area contributed by atoms with Crippen LogP contribution in [0, 0.1) is 11.3 Å². The molecule has 0 aromatic rings. The predicted octanol–water partition coefficient (Wildman–Crippen LogP) is 3.19. The third-order valence-corrected chi connectivity index (χ3v) is 6.06. The molecular formula is C20H39IN4O. The monoisotopic (exact) mass is 478 g/mol. The van der Waals surface area contributed by atoms with Crippen LogP contribution >= 0.6 is 24.0 Å². The molecule has 26 heavy (non-hydrogen) atoms. The summed E-state index contributed by atoms with van der Waals surface area (Å²) in [5, 5.41) is 3.54. The maximum absolute atomic E-state index is 5.68. The van der Waals surface area contributed by atoms with Gasteiger partial charge in [0.2, 0.25) is 0 Å². The van der Waals surface area contributed by atoms with Crippen molar-refractivity contribution in [2.45, 2.75) is 58.9 Å². The number of hydrogen-bond donors (Lipinski definition) is 1. The summed E-state index contributed by atoms with van der Waals surface area (Å²) in [6.07, 6.45) is 6.47. The Balaban J connectivity index is 0.00000243. The first kappa shape index (κ1) is 22.2. The molecule has 0 bridgehead atoms. The zero-order valence-corrected chi connectivity index (χ0v) is 19.3. The second-order valence-electron chi connectivity index (χ2n) is 8.71. The lowest BCUT2D eigenvalue weighted by Gasteiger charge is -2.36. The van der Waals surface area contributed by atoms with Gasteiger partial charge in [-0.25, -0.2) is 0 Å². The van der Waals surface area contributed by atoms with Crippen molar-refractivity contribution >= 4 is 29.9 Å². The molecule has 3 aliphatic heterocycles. The van der Waals surface area contributed by atoms with Crippen LogP contribution in [0.2, 0.25) is 0 Å². The van der Waals surface area contributed by atoms with Gasteiger partial charge in [-0.05, 0) is 45.1 Å². The van der Waals surface area contributed by atoms with Crippen molar-refractivity contribution in [1.82, 2.24) is 15.1 Å². The Kier molecular flexibility index (Phi) is 8.94. The number of guanidine groups is 1. The molecular weight excluding hydrogens is 439 g/mol. The van der Waals surface area contributed by atoms with Gasteiger partial charge in [0.05, 0.1) is 13.2 Å². The molecule has 3 rings (SSSR count). The second-order valence-corrected chi connectivity index (χ2v) is 8.71. The molecule has 2 unspecified atom stereocenters. The molecule has 3 fully saturated rings. The van der Waals surface area contributed by atoms with Crippen LogP contribution in [0.15, 0.2) is 4.99 Å². The summed E-state index contributed by atoms with van der Waals surface area (Å²) < 4.78 is 5.68. The quantitative estimate of drug-likeness (QED) is 0.375. The van der Waals surface area contributed by atoms with Gasteiger partial charge in [0.15, 0.2) is 5.96 Å². The molecule has 1 N–H and O–H groups in total. The van der Waals surface area contributed by atoms with Gasteiger partial charge in [0.1, 0.15) is 0 Å². The highest BCUT2D eigenvalue weighted by atomic mass is 127. The van der Waals surface area contributed by atoms with E-state index in [9.17, 15) is 0 Å². The third-order valence-electron chi connectivity index (χ3n) is 6.06. The largest absolute Gasteiger partial charge is 0.381 e. The van der Waals surface area contributed by atoms with E-state index in [-0.39, 0.29) is 24.0 Å². The van der Waals surface area contributed by atoms with E-state index in [2.05, 4.69) is 35.9 Å². The Morgan fingerprint density at radius 3 is 2.81 bits per heavy atom. The molecule has 5 nitrogen and oxygen atoms in total. The average molecular weight is 478 g/mol. The Hall–Kier alpha value is -0.0800. The average Bonchev–Trinajstić information content (AvgIpc) is 3.22. The first-order valence-electron chi connectivity index (χ1n) is 10.5. The van der Waals surface area contributed by atoms with Crippen molar-refractivity contribution in [3.8, 4) is 0 Å². The lowest BCUT2D eigenvalue weighted by atomic mass is 9.87. The summed E-state index contributed by atoms with van der Waals surface area (Å²) in [7, 11) is 0. The van der Waals surface area contributed by atoms with Crippen molar-refractivity contribution < 1.29 is 4.74 Å². The number of halogens is 1. The summed E-state index contributed by atoms with van der Waals surface area (Å²) in [4.78, 5) is 10.2. The molecule has 3 heterocycles. The number of rotatable bonds is 5.